The summed E-state index contributed by atoms with van der Waals surface area (Å²) in [5.74, 6) is -1.02. The molecule has 8 heteroatoms. The molecule has 8 nitrogen and oxygen atoms in total. The minimum absolute atomic E-state index is 0.0841. The monoisotopic (exact) mass is 479 g/mol. The molecule has 0 spiro atoms. The highest BCUT2D eigenvalue weighted by Gasteiger charge is 2.25. The molecule has 4 aromatic rings. The Morgan fingerprint density at radius 3 is 2.61 bits per heavy atom. The van der Waals surface area contributed by atoms with Crippen LogP contribution < -0.4 is 0 Å². The number of allylic oxidation sites excluding steroid dienone is 1. The molecule has 0 aliphatic rings. The number of Topliss-reactive ketones (excluding diaryl/α,β-unsaturated/α-hetero) is 1. The average Bonchev–Trinajstić information content (AvgIpc) is 3.42. The molecule has 0 atom stereocenters. The van der Waals surface area contributed by atoms with Crippen molar-refractivity contribution in [2.75, 3.05) is 6.61 Å². The molecule has 0 unspecified atom stereocenters. The van der Waals surface area contributed by atoms with E-state index in [1.54, 1.807) is 50.1 Å². The van der Waals surface area contributed by atoms with Crippen LogP contribution in [0.15, 0.2) is 66.6 Å². The molecule has 0 aliphatic heterocycles. The molecule has 0 fully saturated rings. The summed E-state index contributed by atoms with van der Waals surface area (Å²) in [6, 6.07) is 15.6. The van der Waals surface area contributed by atoms with Crippen LogP contribution in [0.25, 0.3) is 17.3 Å². The summed E-state index contributed by atoms with van der Waals surface area (Å²) in [5.41, 5.74) is 4.40. The van der Waals surface area contributed by atoms with E-state index in [0.29, 0.717) is 34.6 Å². The number of nitriles is 1. The molecule has 0 saturated carbocycles. The first kappa shape index (κ1) is 24.4. The number of hydrogen-bond donors (Lipinski definition) is 1. The van der Waals surface area contributed by atoms with Gasteiger partial charge in [-0.2, -0.15) is 10.4 Å². The van der Waals surface area contributed by atoms with Gasteiger partial charge in [0.05, 0.1) is 24.4 Å². The molecule has 3 heterocycles. The van der Waals surface area contributed by atoms with Crippen molar-refractivity contribution in [2.45, 2.75) is 27.3 Å². The smallest absolute Gasteiger partial charge is 0.340 e. The maximum absolute atomic E-state index is 13.4. The predicted molar refractivity (Wildman–Crippen MR) is 135 cm³/mol. The summed E-state index contributed by atoms with van der Waals surface area (Å²) in [4.78, 5) is 32.9. The van der Waals surface area contributed by atoms with Crippen molar-refractivity contribution in [3.8, 4) is 17.3 Å². The summed E-state index contributed by atoms with van der Waals surface area (Å²) in [7, 11) is 0. The van der Waals surface area contributed by atoms with Crippen LogP contribution in [0, 0.1) is 25.2 Å². The van der Waals surface area contributed by atoms with Crippen LogP contribution in [-0.4, -0.2) is 38.1 Å². The quantitative estimate of drug-likeness (QED) is 0.166. The minimum Gasteiger partial charge on any atom is -0.462 e. The highest BCUT2D eigenvalue weighted by atomic mass is 16.5. The first-order chi connectivity index (χ1) is 17.4. The number of nitrogens with one attached hydrogen (secondary N) is 1. The average molecular weight is 480 g/mol. The normalized spacial score (nSPS) is 11.2. The maximum Gasteiger partial charge on any atom is 0.340 e. The fourth-order valence-electron chi connectivity index (χ4n) is 4.05. The van der Waals surface area contributed by atoms with Crippen LogP contribution in [0.3, 0.4) is 0 Å². The minimum atomic E-state index is -0.512. The Balaban J connectivity index is 1.75. The Bertz CT molecular complexity index is 1470. The molecule has 0 aliphatic carbocycles. The van der Waals surface area contributed by atoms with Crippen molar-refractivity contribution in [3.63, 3.8) is 0 Å². The van der Waals surface area contributed by atoms with Crippen LogP contribution in [0.1, 0.15) is 50.2 Å². The van der Waals surface area contributed by atoms with Gasteiger partial charge >= 0.3 is 5.97 Å². The van der Waals surface area contributed by atoms with E-state index in [4.69, 9.17) is 9.84 Å². The fourth-order valence-corrected chi connectivity index (χ4v) is 4.05. The zero-order valence-corrected chi connectivity index (χ0v) is 20.3. The van der Waals surface area contributed by atoms with E-state index in [1.165, 1.54) is 6.08 Å². The number of aryl methyl sites for hydroxylation is 1. The van der Waals surface area contributed by atoms with Crippen LogP contribution in [0.4, 0.5) is 0 Å². The van der Waals surface area contributed by atoms with E-state index in [9.17, 15) is 14.9 Å². The maximum atomic E-state index is 13.4. The van der Waals surface area contributed by atoms with E-state index >= 15 is 0 Å². The third-order valence-corrected chi connectivity index (χ3v) is 5.72. The number of ketones is 1. The molecule has 0 bridgehead atoms. The molecule has 180 valence electrons. The number of nitrogens with zero attached hydrogens (tertiary/aromatic N) is 4. The second-order valence-corrected chi connectivity index (χ2v) is 8.20. The lowest BCUT2D eigenvalue weighted by Crippen LogP contribution is -2.08. The molecule has 4 rings (SSSR count). The van der Waals surface area contributed by atoms with Gasteiger partial charge in [0, 0.05) is 35.4 Å². The number of H-pyrrole nitrogens is 1. The zero-order chi connectivity index (χ0) is 25.7. The zero-order valence-electron chi connectivity index (χ0n) is 20.3. The van der Waals surface area contributed by atoms with Crippen molar-refractivity contribution in [1.29, 1.82) is 5.26 Å². The number of rotatable bonds is 8. The van der Waals surface area contributed by atoms with Gasteiger partial charge in [-0.05, 0) is 50.1 Å². The Morgan fingerprint density at radius 2 is 1.94 bits per heavy atom. The summed E-state index contributed by atoms with van der Waals surface area (Å²) < 4.78 is 6.88. The van der Waals surface area contributed by atoms with Crippen molar-refractivity contribution >= 4 is 17.8 Å². The summed E-state index contributed by atoms with van der Waals surface area (Å²) >= 11 is 0. The Morgan fingerprint density at radius 1 is 1.17 bits per heavy atom. The van der Waals surface area contributed by atoms with E-state index < -0.39 is 11.8 Å². The molecule has 36 heavy (non-hydrogen) atoms. The Labute approximate surface area is 208 Å². The Kier molecular flexibility index (Phi) is 7.21. The van der Waals surface area contributed by atoms with Gasteiger partial charge in [-0.25, -0.2) is 4.79 Å². The molecular formula is C28H25N5O3. The third-order valence-electron chi connectivity index (χ3n) is 5.72. The van der Waals surface area contributed by atoms with Gasteiger partial charge in [0.25, 0.3) is 0 Å². The van der Waals surface area contributed by atoms with Crippen molar-refractivity contribution in [2.24, 2.45) is 0 Å². The van der Waals surface area contributed by atoms with Gasteiger partial charge in [-0.3, -0.25) is 14.5 Å². The number of carbonyl (C=O) groups excluding carboxylic acids is 2. The van der Waals surface area contributed by atoms with Gasteiger partial charge in [0.15, 0.2) is 0 Å². The molecular weight excluding hydrogens is 454 g/mol. The van der Waals surface area contributed by atoms with Gasteiger partial charge in [0.2, 0.25) is 5.78 Å². The third kappa shape index (κ3) is 5.00. The van der Waals surface area contributed by atoms with Gasteiger partial charge < -0.3 is 9.72 Å². The number of esters is 1. The van der Waals surface area contributed by atoms with E-state index in [-0.39, 0.29) is 17.9 Å². The largest absolute Gasteiger partial charge is 0.462 e. The summed E-state index contributed by atoms with van der Waals surface area (Å²) in [6.07, 6.45) is 6.68. The molecule has 1 aromatic carbocycles. The fraction of sp³-hybridized carbons (Fsp3) is 0.179. The number of aromatic amines is 1. The number of ether oxygens (including phenoxy) is 1. The number of pyridine rings is 1. The number of hydrogen-bond acceptors (Lipinski definition) is 6. The Hall–Kier alpha value is -4.77. The molecule has 0 saturated heterocycles. The highest BCUT2D eigenvalue weighted by Crippen LogP contribution is 2.26. The van der Waals surface area contributed by atoms with Crippen LogP contribution in [-0.2, 0) is 11.3 Å². The van der Waals surface area contributed by atoms with E-state index in [2.05, 4.69) is 9.97 Å². The van der Waals surface area contributed by atoms with Crippen LogP contribution in [0.5, 0.6) is 0 Å². The van der Waals surface area contributed by atoms with E-state index in [0.717, 1.165) is 11.1 Å². The van der Waals surface area contributed by atoms with Gasteiger partial charge in [-0.15, -0.1) is 0 Å². The second-order valence-electron chi connectivity index (χ2n) is 8.20. The van der Waals surface area contributed by atoms with Crippen molar-refractivity contribution in [1.82, 2.24) is 19.7 Å². The lowest BCUT2D eigenvalue weighted by Gasteiger charge is -2.03. The van der Waals surface area contributed by atoms with E-state index in [1.807, 2.05) is 42.5 Å². The van der Waals surface area contributed by atoms with Gasteiger partial charge in [0.1, 0.15) is 17.3 Å². The first-order valence-corrected chi connectivity index (χ1v) is 11.5. The van der Waals surface area contributed by atoms with Crippen LogP contribution >= 0.6 is 0 Å². The van der Waals surface area contributed by atoms with Crippen molar-refractivity contribution in [3.05, 3.63) is 100 Å². The van der Waals surface area contributed by atoms with Crippen LogP contribution in [0.2, 0.25) is 0 Å². The number of benzene rings is 1. The second kappa shape index (κ2) is 10.7. The number of aromatic nitrogens is 4. The lowest BCUT2D eigenvalue weighted by atomic mass is 10.0. The predicted octanol–water partition coefficient (Wildman–Crippen LogP) is 4.90. The number of carbonyl (C=O) groups is 2. The van der Waals surface area contributed by atoms with Crippen molar-refractivity contribution < 1.29 is 14.3 Å². The van der Waals surface area contributed by atoms with Gasteiger partial charge in [-0.1, -0.05) is 30.3 Å². The molecule has 0 radical (unpaired) electrons. The highest BCUT2D eigenvalue weighted by molar-refractivity contribution is 6.15. The molecule has 3 aromatic heterocycles. The topological polar surface area (TPSA) is 114 Å². The molecule has 1 N–H and O–H groups in total. The summed E-state index contributed by atoms with van der Waals surface area (Å²) in [5, 5.41) is 14.6. The first-order valence-electron chi connectivity index (χ1n) is 11.5. The molecule has 0 amide bonds. The lowest BCUT2D eigenvalue weighted by molar-refractivity contribution is 0.0525. The summed E-state index contributed by atoms with van der Waals surface area (Å²) in [6.45, 7) is 5.82. The standard InChI is InChI=1S/C28H25N5O3/c1-4-36-28(35)24-18(2)25(31-19(24)3)27(34)22(14-29)13-23-17-33(16-20-9-6-5-7-10-20)32-26(23)21-11-8-12-30-15-21/h5-13,15,17,31H,4,16H2,1-3H3/b22-13-. The SMILES string of the molecule is CCOC(=O)c1c(C)[nH]c(C(=O)/C(C#N)=C\c2cn(Cc3ccccc3)nc2-c2cccnc2)c1C.